The molecule has 0 saturated carbocycles. The number of rotatable bonds is 18. The van der Waals surface area contributed by atoms with Crippen molar-refractivity contribution in [1.29, 1.82) is 0 Å². The molecule has 190 valence electrons. The molecule has 1 rings (SSSR count). The van der Waals surface area contributed by atoms with Gasteiger partial charge in [-0.15, -0.1) is 0 Å². The molecule has 2 N–H and O–H groups in total. The number of nitrogens with one attached hydrogen (secondary N) is 2. The van der Waals surface area contributed by atoms with E-state index >= 15 is 0 Å². The number of para-hydroxylation sites is 1. The Morgan fingerprint density at radius 2 is 2.03 bits per heavy atom. The van der Waals surface area contributed by atoms with E-state index in [0.717, 1.165) is 50.1 Å². The Morgan fingerprint density at radius 1 is 1.23 bits per heavy atom. The molecule has 0 bridgehead atoms. The van der Waals surface area contributed by atoms with Gasteiger partial charge in [0.2, 0.25) is 5.91 Å². The number of anilines is 1. The van der Waals surface area contributed by atoms with Gasteiger partial charge in [0, 0.05) is 43.0 Å². The standard InChI is InChI=1S/C28H40N4O3/c1-5-7-8-14-26(35-4)15-11-12-20-32(19-6-2)28(34)17-18-30-24(3)21-29-23-31-27-16-10-9-13-25(27)22-33/h5,7-10,13-16,22-23,30H,3,6,11-12,17-21H2,1-2,4H3,(H,29,31)/b7-5-,14-8-,26-15-. The number of methoxy groups -OCH3 is 1. The lowest BCUT2D eigenvalue weighted by atomic mass is 10.2. The van der Waals surface area contributed by atoms with Crippen LogP contribution in [0.1, 0.15) is 49.9 Å². The summed E-state index contributed by atoms with van der Waals surface area (Å²) in [4.78, 5) is 29.9. The molecule has 0 saturated heterocycles. The number of nitrogens with zero attached hydrogens (tertiary/aromatic N) is 2. The van der Waals surface area contributed by atoms with E-state index in [1.807, 2.05) is 54.3 Å². The average Bonchev–Trinajstić information content (AvgIpc) is 2.87. The Hall–Kier alpha value is -3.61. The van der Waals surface area contributed by atoms with Crippen LogP contribution >= 0.6 is 0 Å². The zero-order valence-electron chi connectivity index (χ0n) is 21.3. The lowest BCUT2D eigenvalue weighted by molar-refractivity contribution is -0.131. The SMILES string of the molecule is C=C(CN=CNc1ccccc1C=O)NCCC(=O)N(CCC)CCC/C=C(/C=C\C=C/C)OC. The highest BCUT2D eigenvalue weighted by molar-refractivity contribution is 5.89. The van der Waals surface area contributed by atoms with E-state index in [1.165, 1.54) is 0 Å². The van der Waals surface area contributed by atoms with Gasteiger partial charge in [0.15, 0.2) is 6.29 Å². The third-order valence-electron chi connectivity index (χ3n) is 5.02. The molecular formula is C28H40N4O3. The van der Waals surface area contributed by atoms with Crippen molar-refractivity contribution in [3.63, 3.8) is 0 Å². The summed E-state index contributed by atoms with van der Waals surface area (Å²) in [6.45, 7) is 10.4. The van der Waals surface area contributed by atoms with E-state index < -0.39 is 0 Å². The summed E-state index contributed by atoms with van der Waals surface area (Å²) in [5.74, 6) is 0.955. The first-order chi connectivity index (χ1) is 17.0. The molecule has 0 aliphatic carbocycles. The number of amides is 1. The number of allylic oxidation sites excluding steroid dienone is 5. The number of ether oxygens (including phenoxy) is 1. The van der Waals surface area contributed by atoms with Gasteiger partial charge in [-0.2, -0.15) is 0 Å². The van der Waals surface area contributed by atoms with Gasteiger partial charge in [0.05, 0.1) is 20.0 Å². The first-order valence-corrected chi connectivity index (χ1v) is 12.1. The zero-order chi connectivity index (χ0) is 25.7. The number of aliphatic imine (C=N–C) groups is 1. The van der Waals surface area contributed by atoms with Crippen molar-refractivity contribution in [2.75, 3.05) is 38.6 Å². The summed E-state index contributed by atoms with van der Waals surface area (Å²) in [7, 11) is 1.66. The second-order valence-corrected chi connectivity index (χ2v) is 7.82. The average molecular weight is 481 g/mol. The number of benzene rings is 1. The molecule has 1 aromatic carbocycles. The van der Waals surface area contributed by atoms with E-state index in [9.17, 15) is 9.59 Å². The fourth-order valence-corrected chi connectivity index (χ4v) is 3.20. The maximum absolute atomic E-state index is 12.7. The Labute approximate surface area is 210 Å². The zero-order valence-corrected chi connectivity index (χ0v) is 21.3. The van der Waals surface area contributed by atoms with Gasteiger partial charge in [0.1, 0.15) is 5.76 Å². The van der Waals surface area contributed by atoms with Gasteiger partial charge in [-0.3, -0.25) is 14.6 Å². The van der Waals surface area contributed by atoms with Crippen molar-refractivity contribution in [3.05, 3.63) is 78.2 Å². The van der Waals surface area contributed by atoms with Crippen LogP contribution in [-0.4, -0.2) is 56.7 Å². The Morgan fingerprint density at radius 3 is 2.74 bits per heavy atom. The van der Waals surface area contributed by atoms with Gasteiger partial charge in [0.25, 0.3) is 0 Å². The maximum atomic E-state index is 12.7. The molecule has 0 aromatic heterocycles. The number of carbonyl (C=O) groups excluding carboxylic acids is 2. The first-order valence-electron chi connectivity index (χ1n) is 12.1. The fourth-order valence-electron chi connectivity index (χ4n) is 3.20. The van der Waals surface area contributed by atoms with Gasteiger partial charge < -0.3 is 20.3 Å². The third kappa shape index (κ3) is 13.0. The molecule has 0 fully saturated rings. The molecule has 0 atom stereocenters. The highest BCUT2D eigenvalue weighted by Crippen LogP contribution is 2.11. The normalized spacial score (nSPS) is 11.8. The van der Waals surface area contributed by atoms with E-state index in [1.54, 1.807) is 25.6 Å². The van der Waals surface area contributed by atoms with Crippen molar-refractivity contribution in [1.82, 2.24) is 10.2 Å². The predicted octanol–water partition coefficient (Wildman–Crippen LogP) is 5.11. The molecule has 0 aliphatic heterocycles. The second-order valence-electron chi connectivity index (χ2n) is 7.82. The summed E-state index contributed by atoms with van der Waals surface area (Å²) in [5, 5.41) is 6.17. The van der Waals surface area contributed by atoms with Crippen molar-refractivity contribution >= 4 is 24.2 Å². The van der Waals surface area contributed by atoms with Crippen LogP contribution in [0.15, 0.2) is 77.7 Å². The van der Waals surface area contributed by atoms with Crippen molar-refractivity contribution in [2.24, 2.45) is 4.99 Å². The van der Waals surface area contributed by atoms with Gasteiger partial charge in [-0.25, -0.2) is 0 Å². The lowest BCUT2D eigenvalue weighted by Gasteiger charge is -2.22. The van der Waals surface area contributed by atoms with Crippen LogP contribution in [0.4, 0.5) is 5.69 Å². The summed E-state index contributed by atoms with van der Waals surface area (Å²) < 4.78 is 5.36. The van der Waals surface area contributed by atoms with Gasteiger partial charge >= 0.3 is 0 Å². The maximum Gasteiger partial charge on any atom is 0.224 e. The van der Waals surface area contributed by atoms with Crippen molar-refractivity contribution in [2.45, 2.75) is 39.5 Å². The fraction of sp³-hybridized carbons (Fsp3) is 0.393. The Balaban J connectivity index is 2.36. The van der Waals surface area contributed by atoms with E-state index in [-0.39, 0.29) is 5.91 Å². The van der Waals surface area contributed by atoms with Crippen molar-refractivity contribution < 1.29 is 14.3 Å². The molecule has 7 nitrogen and oxygen atoms in total. The number of hydrogen-bond donors (Lipinski definition) is 2. The summed E-state index contributed by atoms with van der Waals surface area (Å²) in [6.07, 6.45) is 15.2. The van der Waals surface area contributed by atoms with E-state index in [0.29, 0.717) is 30.8 Å². The topological polar surface area (TPSA) is 83.0 Å². The van der Waals surface area contributed by atoms with Crippen LogP contribution in [0.3, 0.4) is 0 Å². The molecule has 0 unspecified atom stereocenters. The molecule has 0 heterocycles. The van der Waals surface area contributed by atoms with Crippen molar-refractivity contribution in [3.8, 4) is 0 Å². The number of aldehydes is 1. The highest BCUT2D eigenvalue weighted by Gasteiger charge is 2.11. The summed E-state index contributed by atoms with van der Waals surface area (Å²) in [5.41, 5.74) is 2.00. The molecule has 0 radical (unpaired) electrons. The predicted molar refractivity (Wildman–Crippen MR) is 146 cm³/mol. The van der Waals surface area contributed by atoms with Crippen LogP contribution in [0.25, 0.3) is 0 Å². The minimum absolute atomic E-state index is 0.131. The van der Waals surface area contributed by atoms with Crippen LogP contribution in [0.5, 0.6) is 0 Å². The highest BCUT2D eigenvalue weighted by atomic mass is 16.5. The Bertz CT molecular complexity index is 903. The van der Waals surface area contributed by atoms with Crippen LogP contribution in [0.2, 0.25) is 0 Å². The van der Waals surface area contributed by atoms with Gasteiger partial charge in [-0.1, -0.05) is 43.9 Å². The molecule has 1 amide bonds. The summed E-state index contributed by atoms with van der Waals surface area (Å²) in [6, 6.07) is 7.20. The molecule has 0 aliphatic rings. The quantitative estimate of drug-likeness (QED) is 0.0761. The summed E-state index contributed by atoms with van der Waals surface area (Å²) >= 11 is 0. The molecule has 7 heteroatoms. The number of carbonyl (C=O) groups is 2. The minimum atomic E-state index is 0.131. The number of unbranched alkanes of at least 4 members (excludes halogenated alkanes) is 1. The van der Waals surface area contributed by atoms with E-state index in [4.69, 9.17) is 4.74 Å². The Kier molecular flexibility index (Phi) is 15.8. The largest absolute Gasteiger partial charge is 0.497 e. The molecule has 1 aromatic rings. The monoisotopic (exact) mass is 480 g/mol. The third-order valence-corrected chi connectivity index (χ3v) is 5.02. The molecular weight excluding hydrogens is 440 g/mol. The van der Waals surface area contributed by atoms with E-state index in [2.05, 4.69) is 29.1 Å². The number of hydrogen-bond acceptors (Lipinski definition) is 5. The second kappa shape index (κ2) is 18.8. The van der Waals surface area contributed by atoms with Gasteiger partial charge in [-0.05, 0) is 50.5 Å². The molecule has 0 spiro atoms. The smallest absolute Gasteiger partial charge is 0.224 e. The minimum Gasteiger partial charge on any atom is -0.497 e. The van der Waals surface area contributed by atoms with Crippen LogP contribution in [0, 0.1) is 0 Å². The van der Waals surface area contributed by atoms with Crippen LogP contribution in [-0.2, 0) is 9.53 Å². The first kappa shape index (κ1) is 29.4. The lowest BCUT2D eigenvalue weighted by Crippen LogP contribution is -2.34. The molecule has 35 heavy (non-hydrogen) atoms. The van der Waals surface area contributed by atoms with Crippen LogP contribution < -0.4 is 10.6 Å².